The Bertz CT molecular complexity index is 1610. The van der Waals surface area contributed by atoms with Crippen LogP contribution in [-0.4, -0.2) is 62.9 Å². The second kappa shape index (κ2) is 9.34. The summed E-state index contributed by atoms with van der Waals surface area (Å²) >= 11 is 0. The smallest absolute Gasteiger partial charge is 0.275 e. The van der Waals surface area contributed by atoms with Gasteiger partial charge in [0.15, 0.2) is 5.69 Å². The van der Waals surface area contributed by atoms with Crippen LogP contribution in [0.3, 0.4) is 0 Å². The lowest BCUT2D eigenvalue weighted by Crippen LogP contribution is -2.46. The minimum Gasteiger partial charge on any atom is -0.493 e. The van der Waals surface area contributed by atoms with Gasteiger partial charge in [-0.1, -0.05) is 23.8 Å². The number of fused-ring (bicyclic) bond motifs is 3. The zero-order chi connectivity index (χ0) is 26.7. The maximum atomic E-state index is 14.8. The third kappa shape index (κ3) is 4.03. The number of halogens is 1. The van der Waals surface area contributed by atoms with E-state index in [1.165, 1.54) is 6.07 Å². The van der Waals surface area contributed by atoms with Gasteiger partial charge < -0.3 is 19.9 Å². The lowest BCUT2D eigenvalue weighted by Gasteiger charge is -2.38. The number of likely N-dealkylation sites (tertiary alicyclic amines) is 1. The molecule has 8 nitrogen and oxygen atoms in total. The molecule has 39 heavy (non-hydrogen) atoms. The van der Waals surface area contributed by atoms with Gasteiger partial charge in [0.05, 0.1) is 12.1 Å². The molecular formula is C30H31FN6O2. The molecule has 1 N–H and O–H groups in total. The van der Waals surface area contributed by atoms with Crippen molar-refractivity contribution in [2.45, 2.75) is 45.3 Å². The van der Waals surface area contributed by atoms with E-state index in [2.05, 4.69) is 47.4 Å². The standard InChI is InChI=1S/C30H31FN6O2/c1-18-3-4-21-19(13-18)16-36(20-7-10-35(2)11-8-20)29(38)27-28-24(21)15-33-30(37(28)17-34-27)32-14-23-22-9-12-39-26(22)6-5-25(23)31/h3-6,13,15,17,20H,7-12,14,16H2,1-2H3,(H,32,33). The SMILES string of the molecule is Cc1ccc2c(c1)CN(C1CCN(C)CC1)C(=O)c1ncn3c(NCc4c(F)ccc5c4CCO5)ncc-2c13. The highest BCUT2D eigenvalue weighted by Crippen LogP contribution is 2.37. The lowest BCUT2D eigenvalue weighted by atomic mass is 9.94. The molecule has 4 aromatic rings. The number of hydrogen-bond donors (Lipinski definition) is 1. The Morgan fingerprint density at radius 2 is 1.97 bits per heavy atom. The fraction of sp³-hybridized carbons (Fsp3) is 0.367. The van der Waals surface area contributed by atoms with E-state index in [1.807, 2.05) is 15.5 Å². The Morgan fingerprint density at radius 3 is 2.82 bits per heavy atom. The van der Waals surface area contributed by atoms with Crippen LogP contribution in [0.5, 0.6) is 5.75 Å². The van der Waals surface area contributed by atoms with Crippen LogP contribution in [-0.2, 0) is 19.5 Å². The van der Waals surface area contributed by atoms with Gasteiger partial charge in [-0.2, -0.15) is 0 Å². The first-order valence-corrected chi connectivity index (χ1v) is 13.6. The van der Waals surface area contributed by atoms with E-state index in [0.717, 1.165) is 65.0 Å². The molecule has 2 aromatic carbocycles. The summed E-state index contributed by atoms with van der Waals surface area (Å²) in [6.07, 6.45) is 6.02. The maximum Gasteiger partial charge on any atom is 0.275 e. The highest BCUT2D eigenvalue weighted by molar-refractivity contribution is 6.04. The van der Waals surface area contributed by atoms with Crippen molar-refractivity contribution >= 4 is 17.4 Å². The molecule has 1 fully saturated rings. The van der Waals surface area contributed by atoms with Crippen molar-refractivity contribution in [3.63, 3.8) is 0 Å². The van der Waals surface area contributed by atoms with Gasteiger partial charge in [-0.05, 0) is 63.2 Å². The highest BCUT2D eigenvalue weighted by Gasteiger charge is 2.33. The van der Waals surface area contributed by atoms with Gasteiger partial charge in [0, 0.05) is 48.4 Å². The number of hydrogen-bond acceptors (Lipinski definition) is 6. The molecule has 0 atom stereocenters. The Labute approximate surface area is 226 Å². The minimum atomic E-state index is -0.270. The number of nitrogens with zero attached hydrogens (tertiary/aromatic N) is 5. The van der Waals surface area contributed by atoms with Crippen LogP contribution in [0.15, 0.2) is 42.9 Å². The molecule has 0 unspecified atom stereocenters. The number of aromatic nitrogens is 3. The zero-order valence-corrected chi connectivity index (χ0v) is 22.2. The Morgan fingerprint density at radius 1 is 1.13 bits per heavy atom. The third-order valence-electron chi connectivity index (χ3n) is 8.41. The normalized spacial score (nSPS) is 17.5. The van der Waals surface area contributed by atoms with Gasteiger partial charge in [0.2, 0.25) is 5.95 Å². The largest absolute Gasteiger partial charge is 0.493 e. The van der Waals surface area contributed by atoms with Crippen LogP contribution >= 0.6 is 0 Å². The topological polar surface area (TPSA) is 75.0 Å². The summed E-state index contributed by atoms with van der Waals surface area (Å²) in [5.74, 6) is 0.923. The molecule has 2 aromatic heterocycles. The van der Waals surface area contributed by atoms with Crippen molar-refractivity contribution in [1.82, 2.24) is 24.2 Å². The first kappa shape index (κ1) is 24.1. The molecule has 0 aliphatic carbocycles. The van der Waals surface area contributed by atoms with Crippen molar-refractivity contribution < 1.29 is 13.9 Å². The van der Waals surface area contributed by atoms with E-state index in [4.69, 9.17) is 9.72 Å². The minimum absolute atomic E-state index is 0.0540. The van der Waals surface area contributed by atoms with Crippen molar-refractivity contribution in [2.75, 3.05) is 32.1 Å². The van der Waals surface area contributed by atoms with Crippen molar-refractivity contribution in [3.8, 4) is 16.9 Å². The van der Waals surface area contributed by atoms with Crippen LogP contribution in [0.4, 0.5) is 10.3 Å². The Kier molecular flexibility index (Phi) is 5.77. The number of imidazole rings is 1. The summed E-state index contributed by atoms with van der Waals surface area (Å²) in [4.78, 5) is 27.8. The van der Waals surface area contributed by atoms with Crippen molar-refractivity contribution in [1.29, 1.82) is 0 Å². The molecule has 3 aliphatic rings. The summed E-state index contributed by atoms with van der Waals surface area (Å²) in [7, 11) is 2.13. The number of aryl methyl sites for hydroxylation is 1. The van der Waals surface area contributed by atoms with Crippen molar-refractivity contribution in [3.05, 3.63) is 76.6 Å². The first-order valence-electron chi connectivity index (χ1n) is 13.6. The summed E-state index contributed by atoms with van der Waals surface area (Å²) in [6.45, 7) is 5.36. The average Bonchev–Trinajstić information content (AvgIpc) is 3.59. The van der Waals surface area contributed by atoms with Gasteiger partial charge in [-0.3, -0.25) is 9.20 Å². The van der Waals surface area contributed by atoms with Crippen LogP contribution in [0, 0.1) is 12.7 Å². The molecular weight excluding hydrogens is 495 g/mol. The molecule has 0 spiro atoms. The second-order valence-corrected chi connectivity index (χ2v) is 10.9. The number of ether oxygens (including phenoxy) is 1. The summed E-state index contributed by atoms with van der Waals surface area (Å²) in [5, 5.41) is 3.31. The third-order valence-corrected chi connectivity index (χ3v) is 8.41. The van der Waals surface area contributed by atoms with E-state index < -0.39 is 0 Å². The van der Waals surface area contributed by atoms with Crippen LogP contribution < -0.4 is 10.1 Å². The molecule has 3 aliphatic heterocycles. The van der Waals surface area contributed by atoms with Crippen LogP contribution in [0.2, 0.25) is 0 Å². The second-order valence-electron chi connectivity index (χ2n) is 10.9. The van der Waals surface area contributed by atoms with E-state index in [0.29, 0.717) is 36.8 Å². The highest BCUT2D eigenvalue weighted by atomic mass is 19.1. The van der Waals surface area contributed by atoms with Crippen LogP contribution in [0.25, 0.3) is 16.6 Å². The van der Waals surface area contributed by atoms with Gasteiger partial charge in [0.1, 0.15) is 17.9 Å². The van der Waals surface area contributed by atoms with Gasteiger partial charge >= 0.3 is 0 Å². The van der Waals surface area contributed by atoms with E-state index >= 15 is 0 Å². The maximum absolute atomic E-state index is 14.8. The molecule has 1 amide bonds. The molecule has 9 heteroatoms. The van der Waals surface area contributed by atoms with E-state index in [1.54, 1.807) is 12.4 Å². The fourth-order valence-electron chi connectivity index (χ4n) is 6.28. The Balaban J connectivity index is 1.32. The number of amides is 1. The number of carbonyl (C=O) groups is 1. The summed E-state index contributed by atoms with van der Waals surface area (Å²) < 4.78 is 22.3. The molecule has 1 saturated heterocycles. The van der Waals surface area contributed by atoms with Crippen molar-refractivity contribution in [2.24, 2.45) is 0 Å². The number of carbonyl (C=O) groups excluding carboxylic acids is 1. The first-order chi connectivity index (χ1) is 19.0. The number of nitrogens with one attached hydrogen (secondary N) is 1. The van der Waals surface area contributed by atoms with E-state index in [-0.39, 0.29) is 24.3 Å². The summed E-state index contributed by atoms with van der Waals surface area (Å²) in [6, 6.07) is 9.69. The van der Waals surface area contributed by atoms with Gasteiger partial charge in [-0.25, -0.2) is 14.4 Å². The predicted molar refractivity (Wildman–Crippen MR) is 146 cm³/mol. The van der Waals surface area contributed by atoms with Gasteiger partial charge in [0.25, 0.3) is 5.91 Å². The molecule has 0 bridgehead atoms. The summed E-state index contributed by atoms with van der Waals surface area (Å²) in [5.41, 5.74) is 6.83. The number of piperidine rings is 1. The predicted octanol–water partition coefficient (Wildman–Crippen LogP) is 4.44. The quantitative estimate of drug-likeness (QED) is 0.424. The van der Waals surface area contributed by atoms with E-state index in [9.17, 15) is 9.18 Å². The number of anilines is 1. The van der Waals surface area contributed by atoms with Crippen LogP contribution in [0.1, 0.15) is 45.6 Å². The number of benzene rings is 2. The monoisotopic (exact) mass is 526 g/mol. The molecule has 0 radical (unpaired) electrons. The average molecular weight is 527 g/mol. The Hall–Kier alpha value is -3.98. The lowest BCUT2D eigenvalue weighted by molar-refractivity contribution is 0.0566. The van der Waals surface area contributed by atoms with Gasteiger partial charge in [-0.15, -0.1) is 0 Å². The molecule has 7 rings (SSSR count). The molecule has 200 valence electrons. The zero-order valence-electron chi connectivity index (χ0n) is 22.2. The number of rotatable bonds is 4. The molecule has 5 heterocycles. The fourth-order valence-corrected chi connectivity index (χ4v) is 6.28. The molecule has 0 saturated carbocycles.